The Kier molecular flexibility index (Phi) is 2.96. The van der Waals surface area contributed by atoms with E-state index in [-0.39, 0.29) is 0 Å². The third-order valence-electron chi connectivity index (χ3n) is 2.99. The van der Waals surface area contributed by atoms with E-state index in [0.29, 0.717) is 6.04 Å². The lowest BCUT2D eigenvalue weighted by molar-refractivity contribution is 0.480. The summed E-state index contributed by atoms with van der Waals surface area (Å²) in [6.07, 6.45) is 0. The van der Waals surface area contributed by atoms with Crippen molar-refractivity contribution in [3.8, 4) is 10.7 Å². The van der Waals surface area contributed by atoms with E-state index < -0.39 is 0 Å². The average molecular weight is 265 g/mol. The lowest BCUT2D eigenvalue weighted by Crippen LogP contribution is -2.49. The monoisotopic (exact) mass is 265 g/mol. The van der Waals surface area contributed by atoms with E-state index >= 15 is 0 Å². The number of nitrogens with zero attached hydrogens (tertiary/aromatic N) is 5. The predicted molar refractivity (Wildman–Crippen MR) is 69.7 cm³/mol. The maximum absolute atomic E-state index is 4.53. The van der Waals surface area contributed by atoms with Gasteiger partial charge in [-0.05, 0) is 25.4 Å². The van der Waals surface area contributed by atoms with Crippen LogP contribution in [-0.2, 0) is 0 Å². The molecule has 7 nitrogen and oxygen atoms in total. The number of aromatic nitrogens is 5. The Morgan fingerprint density at radius 1 is 1.44 bits per heavy atom. The number of aryl methyl sites for hydroxylation is 1. The zero-order chi connectivity index (χ0) is 12.5. The Labute approximate surface area is 109 Å². The highest BCUT2D eigenvalue weighted by atomic mass is 32.1. The molecule has 0 radical (unpaired) electrons. The number of aromatic amines is 1. The zero-order valence-electron chi connectivity index (χ0n) is 10.3. The van der Waals surface area contributed by atoms with Gasteiger partial charge in [0.1, 0.15) is 4.88 Å². The molecule has 0 aliphatic carbocycles. The molecule has 0 aromatic carbocycles. The molecule has 1 saturated heterocycles. The van der Waals surface area contributed by atoms with Crippen LogP contribution in [0.4, 0.5) is 5.95 Å². The summed E-state index contributed by atoms with van der Waals surface area (Å²) in [6, 6.07) is 0.465. The number of nitrogens with one attached hydrogen (secondary N) is 2. The summed E-state index contributed by atoms with van der Waals surface area (Å²) in [5, 5.41) is 14.6. The molecule has 2 aromatic heterocycles. The SMILES string of the molecule is Cc1nnsc1-c1nc(N2CCNC(C)C2)n[nH]1. The van der Waals surface area contributed by atoms with Crippen LogP contribution in [0.1, 0.15) is 12.6 Å². The van der Waals surface area contributed by atoms with Gasteiger partial charge in [0.2, 0.25) is 5.95 Å². The molecular weight excluding hydrogens is 250 g/mol. The quantitative estimate of drug-likeness (QED) is 0.819. The molecule has 96 valence electrons. The van der Waals surface area contributed by atoms with Gasteiger partial charge in [-0.3, -0.25) is 5.10 Å². The molecule has 2 N–H and O–H groups in total. The van der Waals surface area contributed by atoms with Gasteiger partial charge in [0, 0.05) is 25.7 Å². The van der Waals surface area contributed by atoms with Crippen molar-refractivity contribution in [1.82, 2.24) is 30.1 Å². The largest absolute Gasteiger partial charge is 0.337 e. The molecular formula is C10H15N7S. The van der Waals surface area contributed by atoms with E-state index in [1.165, 1.54) is 11.5 Å². The van der Waals surface area contributed by atoms with E-state index in [2.05, 4.69) is 41.9 Å². The number of anilines is 1. The summed E-state index contributed by atoms with van der Waals surface area (Å²) in [5.41, 5.74) is 0.886. The Morgan fingerprint density at radius 3 is 3.06 bits per heavy atom. The molecule has 0 amide bonds. The van der Waals surface area contributed by atoms with Gasteiger partial charge in [-0.25, -0.2) is 0 Å². The van der Waals surface area contributed by atoms with Crippen LogP contribution in [0, 0.1) is 6.92 Å². The van der Waals surface area contributed by atoms with Gasteiger partial charge in [-0.15, -0.1) is 10.2 Å². The molecule has 0 saturated carbocycles. The van der Waals surface area contributed by atoms with Crippen LogP contribution < -0.4 is 10.2 Å². The van der Waals surface area contributed by atoms with E-state index in [1.54, 1.807) is 0 Å². The molecule has 1 unspecified atom stereocenters. The first-order valence-corrected chi connectivity index (χ1v) is 6.71. The molecule has 18 heavy (non-hydrogen) atoms. The van der Waals surface area contributed by atoms with Crippen LogP contribution in [0.2, 0.25) is 0 Å². The van der Waals surface area contributed by atoms with Crippen molar-refractivity contribution in [1.29, 1.82) is 0 Å². The van der Waals surface area contributed by atoms with Crippen LogP contribution in [0.15, 0.2) is 0 Å². The maximum Gasteiger partial charge on any atom is 0.245 e. The molecule has 1 fully saturated rings. The van der Waals surface area contributed by atoms with Crippen molar-refractivity contribution in [2.45, 2.75) is 19.9 Å². The fourth-order valence-electron chi connectivity index (χ4n) is 2.06. The molecule has 1 atom stereocenters. The second-order valence-corrected chi connectivity index (χ2v) is 5.23. The molecule has 0 spiro atoms. The highest BCUT2D eigenvalue weighted by Crippen LogP contribution is 2.23. The van der Waals surface area contributed by atoms with Crippen LogP contribution >= 0.6 is 11.5 Å². The Bertz CT molecular complexity index is 534. The number of rotatable bonds is 2. The number of hydrogen-bond acceptors (Lipinski definition) is 7. The summed E-state index contributed by atoms with van der Waals surface area (Å²) in [5.74, 6) is 1.51. The number of H-pyrrole nitrogens is 1. The molecule has 8 heteroatoms. The maximum atomic E-state index is 4.53. The number of piperazine rings is 1. The van der Waals surface area contributed by atoms with E-state index in [9.17, 15) is 0 Å². The first-order valence-electron chi connectivity index (χ1n) is 5.94. The molecule has 1 aliphatic heterocycles. The van der Waals surface area contributed by atoms with Crippen LogP contribution in [0.3, 0.4) is 0 Å². The first-order chi connectivity index (χ1) is 8.74. The van der Waals surface area contributed by atoms with Crippen LogP contribution in [0.25, 0.3) is 10.7 Å². The average Bonchev–Trinajstić information content (AvgIpc) is 2.97. The smallest absolute Gasteiger partial charge is 0.245 e. The van der Waals surface area contributed by atoms with Crippen molar-refractivity contribution in [2.24, 2.45) is 0 Å². The highest BCUT2D eigenvalue weighted by Gasteiger charge is 2.20. The normalized spacial score (nSPS) is 20.3. The van der Waals surface area contributed by atoms with Crippen molar-refractivity contribution < 1.29 is 0 Å². The Balaban J connectivity index is 1.83. The summed E-state index contributed by atoms with van der Waals surface area (Å²) in [6.45, 7) is 6.91. The Hall–Kier alpha value is -1.54. The van der Waals surface area contributed by atoms with Gasteiger partial charge in [0.05, 0.1) is 5.69 Å². The summed E-state index contributed by atoms with van der Waals surface area (Å²) < 4.78 is 3.91. The minimum absolute atomic E-state index is 0.465. The first kappa shape index (κ1) is 11.5. The summed E-state index contributed by atoms with van der Waals surface area (Å²) >= 11 is 1.34. The van der Waals surface area contributed by atoms with E-state index in [4.69, 9.17) is 0 Å². The van der Waals surface area contributed by atoms with Crippen LogP contribution in [0.5, 0.6) is 0 Å². The molecule has 3 rings (SSSR count). The summed E-state index contributed by atoms with van der Waals surface area (Å²) in [7, 11) is 0. The molecule has 3 heterocycles. The van der Waals surface area contributed by atoms with Crippen molar-refractivity contribution in [2.75, 3.05) is 24.5 Å². The molecule has 0 bridgehead atoms. The molecule has 1 aliphatic rings. The third kappa shape index (κ3) is 2.08. The Morgan fingerprint density at radius 2 is 2.33 bits per heavy atom. The standard InChI is InChI=1S/C10H15N7S/c1-6-5-17(4-3-11-6)10-12-9(14-15-10)8-7(2)13-16-18-8/h6,11H,3-5H2,1-2H3,(H,12,14,15). The minimum Gasteiger partial charge on any atom is -0.337 e. The van der Waals surface area contributed by atoms with Gasteiger partial charge in [-0.2, -0.15) is 4.98 Å². The van der Waals surface area contributed by atoms with Gasteiger partial charge in [0.25, 0.3) is 0 Å². The second-order valence-electron chi connectivity index (χ2n) is 4.47. The fraction of sp³-hybridized carbons (Fsp3) is 0.600. The van der Waals surface area contributed by atoms with Crippen molar-refractivity contribution in [3.05, 3.63) is 5.69 Å². The van der Waals surface area contributed by atoms with E-state index in [0.717, 1.165) is 42.0 Å². The second kappa shape index (κ2) is 4.62. The fourth-order valence-corrected chi connectivity index (χ4v) is 2.65. The van der Waals surface area contributed by atoms with E-state index in [1.807, 2.05) is 6.92 Å². The van der Waals surface area contributed by atoms with Gasteiger partial charge in [0.15, 0.2) is 5.82 Å². The van der Waals surface area contributed by atoms with Crippen LogP contribution in [-0.4, -0.2) is 50.4 Å². The zero-order valence-corrected chi connectivity index (χ0v) is 11.2. The number of hydrogen-bond donors (Lipinski definition) is 2. The predicted octanol–water partition coefficient (Wildman–Crippen LogP) is 0.430. The lowest BCUT2D eigenvalue weighted by atomic mass is 10.2. The highest BCUT2D eigenvalue weighted by molar-refractivity contribution is 7.09. The minimum atomic E-state index is 0.465. The summed E-state index contributed by atoms with van der Waals surface area (Å²) in [4.78, 5) is 7.67. The topological polar surface area (TPSA) is 82.6 Å². The third-order valence-corrected chi connectivity index (χ3v) is 3.83. The molecule has 2 aromatic rings. The lowest BCUT2D eigenvalue weighted by Gasteiger charge is -2.30. The van der Waals surface area contributed by atoms with Gasteiger partial charge in [-0.1, -0.05) is 4.49 Å². The van der Waals surface area contributed by atoms with Gasteiger partial charge < -0.3 is 10.2 Å². The van der Waals surface area contributed by atoms with Gasteiger partial charge >= 0.3 is 0 Å². The van der Waals surface area contributed by atoms with Crippen molar-refractivity contribution in [3.63, 3.8) is 0 Å². The van der Waals surface area contributed by atoms with Crippen molar-refractivity contribution >= 4 is 17.5 Å².